The van der Waals surface area contributed by atoms with E-state index in [1.54, 1.807) is 6.92 Å². The normalized spacial score (nSPS) is 14.9. The van der Waals surface area contributed by atoms with E-state index in [0.29, 0.717) is 0 Å². The molecule has 0 saturated heterocycles. The smallest absolute Gasteiger partial charge is 0.823 e. The van der Waals surface area contributed by atoms with Gasteiger partial charge in [-0.3, -0.25) is 6.66 Å². The van der Waals surface area contributed by atoms with E-state index < -0.39 is 7.37 Å². The molecule has 0 aromatic heterocycles. The Morgan fingerprint density at radius 1 is 1.75 bits per heavy atom. The Kier molecular flexibility index (Phi) is 12.0. The van der Waals surface area contributed by atoms with Gasteiger partial charge >= 0.3 is 21.1 Å². The van der Waals surface area contributed by atoms with Crippen molar-refractivity contribution in [3.05, 3.63) is 14.1 Å². The van der Waals surface area contributed by atoms with Crippen molar-refractivity contribution in [1.29, 1.82) is 0 Å². The first-order valence-electron chi connectivity index (χ1n) is 1.70. The van der Waals surface area contributed by atoms with Gasteiger partial charge in [0, 0.05) is 0 Å². The van der Waals surface area contributed by atoms with Crippen LogP contribution >= 0.6 is 7.37 Å². The van der Waals surface area contributed by atoms with Gasteiger partial charge in [0.1, 0.15) is 0 Å². The Morgan fingerprint density at radius 3 is 1.88 bits per heavy atom. The molecule has 0 spiro atoms. The summed E-state index contributed by atoms with van der Waals surface area (Å²) in [6, 6.07) is 0. The van der Waals surface area contributed by atoms with Crippen molar-refractivity contribution >= 4 is 7.37 Å². The largest absolute Gasteiger partial charge is 2.00 e. The van der Waals surface area contributed by atoms with E-state index in [-0.39, 0.29) is 34.7 Å². The van der Waals surface area contributed by atoms with Crippen LogP contribution in [-0.4, -0.2) is 6.16 Å². The summed E-state index contributed by atoms with van der Waals surface area (Å²) in [5.41, 5.74) is 0. The zero-order chi connectivity index (χ0) is 5.21. The monoisotopic (exact) mass is 305 g/mol. The zero-order valence-electron chi connectivity index (χ0n) is 5.09. The predicted molar refractivity (Wildman–Crippen MR) is 29.9 cm³/mol. The minimum absolute atomic E-state index is 0. The molecule has 0 fully saturated rings. The molecule has 50 valence electrons. The summed E-state index contributed by atoms with van der Waals surface area (Å²) in [6.07, 6.45) is 0.160. The first-order chi connectivity index (χ1) is 2.56. The molecule has 0 N–H and O–H groups in total. The first kappa shape index (κ1) is 15.9. The van der Waals surface area contributed by atoms with Gasteiger partial charge in [0.2, 0.25) is 0 Å². The van der Waals surface area contributed by atoms with Crippen LogP contribution < -0.4 is 4.89 Å². The van der Waals surface area contributed by atoms with E-state index in [1.165, 1.54) is 0 Å². The SMILES string of the molecule is [CH2-]P(=O)([O-])CC.[CH3-].[W+2]. The number of hydrogen-bond acceptors (Lipinski definition) is 2. The van der Waals surface area contributed by atoms with E-state index in [9.17, 15) is 9.46 Å². The molecule has 0 aromatic rings. The third-order valence-electron chi connectivity index (χ3n) is 0.482. The van der Waals surface area contributed by atoms with E-state index in [1.807, 2.05) is 0 Å². The van der Waals surface area contributed by atoms with Gasteiger partial charge in [0.15, 0.2) is 0 Å². The molecule has 0 bridgehead atoms. The van der Waals surface area contributed by atoms with Crippen molar-refractivity contribution in [2.75, 3.05) is 6.16 Å². The average molecular weight is 305 g/mol. The molecule has 2 nitrogen and oxygen atoms in total. The topological polar surface area (TPSA) is 40.1 Å². The van der Waals surface area contributed by atoms with Crippen LogP contribution in [-0.2, 0) is 25.6 Å². The summed E-state index contributed by atoms with van der Waals surface area (Å²) in [5, 5.41) is 0. The summed E-state index contributed by atoms with van der Waals surface area (Å²) in [4.78, 5) is 9.92. The molecule has 0 aliphatic carbocycles. The molecule has 0 radical (unpaired) electrons. The second-order valence-electron chi connectivity index (χ2n) is 1.13. The van der Waals surface area contributed by atoms with Gasteiger partial charge in [-0.25, -0.2) is 0 Å². The Labute approximate surface area is 65.4 Å². The van der Waals surface area contributed by atoms with Crippen LogP contribution in [0.15, 0.2) is 0 Å². The first-order valence-corrected chi connectivity index (χ1v) is 3.70. The Morgan fingerprint density at radius 2 is 1.88 bits per heavy atom. The summed E-state index contributed by atoms with van der Waals surface area (Å²) in [5.74, 6) is 0. The molecule has 0 heterocycles. The van der Waals surface area contributed by atoms with Crippen LogP contribution in [0.2, 0.25) is 0 Å². The van der Waals surface area contributed by atoms with Crippen molar-refractivity contribution in [3.63, 3.8) is 0 Å². The zero-order valence-corrected chi connectivity index (χ0v) is 8.91. The van der Waals surface area contributed by atoms with Crippen LogP contribution in [0.25, 0.3) is 0 Å². The average Bonchev–Trinajstić information content (AvgIpc) is 1.35. The van der Waals surface area contributed by atoms with E-state index in [2.05, 4.69) is 6.66 Å². The van der Waals surface area contributed by atoms with E-state index >= 15 is 0 Å². The molecule has 4 heteroatoms. The minimum atomic E-state index is -3.15. The number of rotatable bonds is 1. The minimum Gasteiger partial charge on any atom is -0.823 e. The molecule has 0 aliphatic heterocycles. The van der Waals surface area contributed by atoms with Crippen molar-refractivity contribution in [2.24, 2.45) is 0 Å². The predicted octanol–water partition coefficient (Wildman–Crippen LogP) is 0.884. The summed E-state index contributed by atoms with van der Waals surface area (Å²) in [6.45, 7) is 4.46. The second-order valence-corrected chi connectivity index (χ2v) is 3.39. The molecule has 1 unspecified atom stereocenters. The maximum atomic E-state index is 9.92. The molecule has 0 aromatic carbocycles. The fraction of sp³-hybridized carbons (Fsp3) is 0.500. The van der Waals surface area contributed by atoms with Crippen molar-refractivity contribution < 1.29 is 30.5 Å². The third-order valence-corrected chi connectivity index (χ3v) is 1.45. The standard InChI is InChI=1S/C3H8O2P.CH3.W/c1-3-6(2,4)5;;/h2-3H2,1H3,(H,4,5);1H3;/q2*-1;+2/p-1. The van der Waals surface area contributed by atoms with Crippen molar-refractivity contribution in [1.82, 2.24) is 0 Å². The Bertz CT molecular complexity index is 78.1. The number of hydrogen-bond donors (Lipinski definition) is 0. The van der Waals surface area contributed by atoms with E-state index in [0.717, 1.165) is 0 Å². The maximum absolute atomic E-state index is 9.92. The van der Waals surface area contributed by atoms with Crippen LogP contribution in [0.1, 0.15) is 6.92 Å². The summed E-state index contributed by atoms with van der Waals surface area (Å²) in [7, 11) is -3.15. The molecule has 8 heavy (non-hydrogen) atoms. The van der Waals surface area contributed by atoms with Gasteiger partial charge in [-0.15, -0.1) is 7.37 Å². The second kappa shape index (κ2) is 6.01. The maximum Gasteiger partial charge on any atom is 2.00 e. The summed E-state index contributed by atoms with van der Waals surface area (Å²) < 4.78 is 9.92. The molecule has 0 amide bonds. The van der Waals surface area contributed by atoms with Crippen LogP contribution in [0.5, 0.6) is 0 Å². The van der Waals surface area contributed by atoms with Gasteiger partial charge in [0.05, 0.1) is 0 Å². The molecule has 0 rings (SSSR count). The fourth-order valence-electron chi connectivity index (χ4n) is 0. The fourth-order valence-corrected chi connectivity index (χ4v) is 0. The van der Waals surface area contributed by atoms with Gasteiger partial charge in [-0.05, 0) is 6.16 Å². The third kappa shape index (κ3) is 15.8. The van der Waals surface area contributed by atoms with Gasteiger partial charge < -0.3 is 16.9 Å². The van der Waals surface area contributed by atoms with Gasteiger partial charge in [0.25, 0.3) is 0 Å². The quantitative estimate of drug-likeness (QED) is 0.533. The van der Waals surface area contributed by atoms with Crippen LogP contribution in [0, 0.1) is 14.1 Å². The molecule has 0 aliphatic rings. The molecular weight excluding hydrogens is 295 g/mol. The van der Waals surface area contributed by atoms with Crippen molar-refractivity contribution in [2.45, 2.75) is 6.92 Å². The van der Waals surface area contributed by atoms with E-state index in [4.69, 9.17) is 0 Å². The van der Waals surface area contributed by atoms with Crippen LogP contribution in [0.3, 0.4) is 0 Å². The van der Waals surface area contributed by atoms with Gasteiger partial charge in [-0.1, -0.05) is 6.92 Å². The van der Waals surface area contributed by atoms with Gasteiger partial charge in [-0.2, -0.15) is 0 Å². The summed E-state index contributed by atoms with van der Waals surface area (Å²) >= 11 is 0. The Hall–Kier alpha value is 0.878. The van der Waals surface area contributed by atoms with Crippen molar-refractivity contribution in [3.8, 4) is 0 Å². The molecular formula is C4H10O2PW-. The van der Waals surface area contributed by atoms with Crippen LogP contribution in [0.4, 0.5) is 0 Å². The molecule has 0 saturated carbocycles. The Balaban J connectivity index is -0.000000125. The molecule has 1 atom stereocenters.